The molecule has 0 atom stereocenters. The summed E-state index contributed by atoms with van der Waals surface area (Å²) in [6, 6.07) is 7.25. The fourth-order valence-electron chi connectivity index (χ4n) is 2.25. The molecular weight excluding hydrogens is 284 g/mol. The van der Waals surface area contributed by atoms with Crippen LogP contribution in [0.3, 0.4) is 0 Å². The lowest BCUT2D eigenvalue weighted by Crippen LogP contribution is -2.06. The van der Waals surface area contributed by atoms with Gasteiger partial charge in [-0.1, -0.05) is 19.1 Å². The van der Waals surface area contributed by atoms with Crippen LogP contribution in [0.4, 0.5) is 0 Å². The molecule has 2 aromatic rings. The number of benzene rings is 2. The number of aryl methyl sites for hydroxylation is 1. The zero-order valence-electron chi connectivity index (χ0n) is 13.1. The third kappa shape index (κ3) is 3.19. The van der Waals surface area contributed by atoms with Gasteiger partial charge < -0.3 is 14.2 Å². The highest BCUT2D eigenvalue weighted by atomic mass is 16.6. The number of carbonyl (C=O) groups is 2. The van der Waals surface area contributed by atoms with Crippen LogP contribution < -0.4 is 14.2 Å². The van der Waals surface area contributed by atoms with Crippen LogP contribution in [0, 0.1) is 0 Å². The molecule has 0 saturated heterocycles. The summed E-state index contributed by atoms with van der Waals surface area (Å²) >= 11 is 0. The Balaban J connectivity index is 2.77. The zero-order valence-corrected chi connectivity index (χ0v) is 13.1. The quantitative estimate of drug-likeness (QED) is 0.641. The maximum absolute atomic E-state index is 11.3. The van der Waals surface area contributed by atoms with Gasteiger partial charge in [-0.15, -0.1) is 0 Å². The van der Waals surface area contributed by atoms with E-state index >= 15 is 0 Å². The van der Waals surface area contributed by atoms with E-state index in [1.54, 1.807) is 6.07 Å². The summed E-state index contributed by atoms with van der Waals surface area (Å²) in [5.74, 6) is 0.169. The van der Waals surface area contributed by atoms with Gasteiger partial charge in [-0.2, -0.15) is 0 Å². The molecule has 2 rings (SSSR count). The molecular formula is C17H18O5. The summed E-state index contributed by atoms with van der Waals surface area (Å²) in [7, 11) is 1.46. The first-order valence-electron chi connectivity index (χ1n) is 6.96. The minimum atomic E-state index is -0.445. The molecule has 0 aromatic heterocycles. The van der Waals surface area contributed by atoms with Gasteiger partial charge in [0.15, 0.2) is 11.5 Å². The van der Waals surface area contributed by atoms with Gasteiger partial charge in [0.25, 0.3) is 0 Å². The van der Waals surface area contributed by atoms with Gasteiger partial charge in [0, 0.05) is 30.7 Å². The Morgan fingerprint density at radius 1 is 0.955 bits per heavy atom. The van der Waals surface area contributed by atoms with Crippen LogP contribution in [0.2, 0.25) is 0 Å². The minimum absolute atomic E-state index is 0.323. The van der Waals surface area contributed by atoms with E-state index < -0.39 is 11.9 Å². The van der Waals surface area contributed by atoms with Crippen LogP contribution >= 0.6 is 0 Å². The highest BCUT2D eigenvalue weighted by Gasteiger charge is 2.18. The van der Waals surface area contributed by atoms with Crippen molar-refractivity contribution in [1.82, 2.24) is 0 Å². The Kier molecular flexibility index (Phi) is 4.65. The highest BCUT2D eigenvalue weighted by molar-refractivity contribution is 5.98. The second-order valence-corrected chi connectivity index (χ2v) is 4.83. The first-order chi connectivity index (χ1) is 10.5. The molecule has 22 heavy (non-hydrogen) atoms. The molecule has 116 valence electrons. The standard InChI is InChI=1S/C17H18O5/c1-5-12-6-7-13-14(8-12)15(21-10(2)18)9-16(20-4)17(13)22-11(3)19/h6-9H,5H2,1-4H3. The predicted molar refractivity (Wildman–Crippen MR) is 82.5 cm³/mol. The van der Waals surface area contributed by atoms with E-state index in [0.29, 0.717) is 28.0 Å². The summed E-state index contributed by atoms with van der Waals surface area (Å²) in [5, 5.41) is 1.36. The van der Waals surface area contributed by atoms with Crippen molar-refractivity contribution in [2.45, 2.75) is 27.2 Å². The smallest absolute Gasteiger partial charge is 0.308 e. The molecule has 5 heteroatoms. The van der Waals surface area contributed by atoms with Crippen LogP contribution in [-0.2, 0) is 16.0 Å². The number of fused-ring (bicyclic) bond motifs is 1. The Bertz CT molecular complexity index is 733. The van der Waals surface area contributed by atoms with E-state index in [1.807, 2.05) is 25.1 Å². The summed E-state index contributed by atoms with van der Waals surface area (Å²) in [6.07, 6.45) is 0.838. The number of ether oxygens (including phenoxy) is 3. The van der Waals surface area contributed by atoms with Crippen molar-refractivity contribution in [3.05, 3.63) is 29.8 Å². The molecule has 0 aliphatic rings. The molecule has 0 N–H and O–H groups in total. The van der Waals surface area contributed by atoms with Crippen molar-refractivity contribution in [2.24, 2.45) is 0 Å². The molecule has 0 radical (unpaired) electrons. The molecule has 0 saturated carbocycles. The van der Waals surface area contributed by atoms with E-state index in [0.717, 1.165) is 12.0 Å². The normalized spacial score (nSPS) is 10.4. The van der Waals surface area contributed by atoms with Gasteiger partial charge in [0.2, 0.25) is 0 Å². The van der Waals surface area contributed by atoms with Crippen molar-refractivity contribution < 1.29 is 23.8 Å². The van der Waals surface area contributed by atoms with Gasteiger partial charge in [0.1, 0.15) is 5.75 Å². The van der Waals surface area contributed by atoms with E-state index in [1.165, 1.54) is 21.0 Å². The van der Waals surface area contributed by atoms with Crippen LogP contribution in [0.5, 0.6) is 17.2 Å². The second-order valence-electron chi connectivity index (χ2n) is 4.83. The molecule has 0 aliphatic heterocycles. The average molecular weight is 302 g/mol. The van der Waals surface area contributed by atoms with Crippen molar-refractivity contribution in [3.63, 3.8) is 0 Å². The van der Waals surface area contributed by atoms with Crippen LogP contribution in [0.15, 0.2) is 24.3 Å². The summed E-state index contributed by atoms with van der Waals surface area (Å²) in [5.41, 5.74) is 1.08. The van der Waals surface area contributed by atoms with Crippen molar-refractivity contribution in [2.75, 3.05) is 7.11 Å². The zero-order chi connectivity index (χ0) is 16.3. The molecule has 0 aliphatic carbocycles. The molecule has 5 nitrogen and oxygen atoms in total. The first-order valence-corrected chi connectivity index (χ1v) is 6.96. The fourth-order valence-corrected chi connectivity index (χ4v) is 2.25. The summed E-state index contributed by atoms with van der Waals surface area (Å²) < 4.78 is 15.8. The third-order valence-electron chi connectivity index (χ3n) is 3.21. The largest absolute Gasteiger partial charge is 0.493 e. The third-order valence-corrected chi connectivity index (χ3v) is 3.21. The van der Waals surface area contributed by atoms with Gasteiger partial charge in [-0.25, -0.2) is 0 Å². The van der Waals surface area contributed by atoms with Crippen molar-refractivity contribution in [1.29, 1.82) is 0 Å². The molecule has 0 amide bonds. The number of hydrogen-bond acceptors (Lipinski definition) is 5. The summed E-state index contributed by atoms with van der Waals surface area (Å²) in [6.45, 7) is 4.69. The molecule has 2 aromatic carbocycles. The fraction of sp³-hybridized carbons (Fsp3) is 0.294. The Morgan fingerprint density at radius 2 is 1.64 bits per heavy atom. The Labute approximate surface area is 128 Å². The SMILES string of the molecule is CCc1ccc2c(OC(C)=O)c(OC)cc(OC(C)=O)c2c1. The van der Waals surface area contributed by atoms with E-state index in [2.05, 4.69) is 0 Å². The van der Waals surface area contributed by atoms with Crippen LogP contribution in [-0.4, -0.2) is 19.0 Å². The van der Waals surface area contributed by atoms with Gasteiger partial charge in [-0.05, 0) is 18.1 Å². The highest BCUT2D eigenvalue weighted by Crippen LogP contribution is 2.42. The number of esters is 2. The lowest BCUT2D eigenvalue weighted by Gasteiger charge is -2.15. The Morgan fingerprint density at radius 3 is 2.18 bits per heavy atom. The van der Waals surface area contributed by atoms with E-state index in [4.69, 9.17) is 14.2 Å². The molecule has 0 bridgehead atoms. The number of hydrogen-bond donors (Lipinski definition) is 0. The maximum Gasteiger partial charge on any atom is 0.308 e. The van der Waals surface area contributed by atoms with Crippen molar-refractivity contribution >= 4 is 22.7 Å². The van der Waals surface area contributed by atoms with Crippen LogP contribution in [0.25, 0.3) is 10.8 Å². The molecule has 0 fully saturated rings. The van der Waals surface area contributed by atoms with Gasteiger partial charge in [0.05, 0.1) is 7.11 Å². The lowest BCUT2D eigenvalue weighted by molar-refractivity contribution is -0.133. The predicted octanol–water partition coefficient (Wildman–Crippen LogP) is 3.26. The maximum atomic E-state index is 11.3. The second kappa shape index (κ2) is 6.47. The first kappa shape index (κ1) is 15.8. The molecule has 0 spiro atoms. The van der Waals surface area contributed by atoms with Gasteiger partial charge >= 0.3 is 11.9 Å². The monoisotopic (exact) mass is 302 g/mol. The topological polar surface area (TPSA) is 61.8 Å². The molecule has 0 heterocycles. The van der Waals surface area contributed by atoms with E-state index in [9.17, 15) is 9.59 Å². The molecule has 0 unspecified atom stereocenters. The minimum Gasteiger partial charge on any atom is -0.493 e. The number of carbonyl (C=O) groups excluding carboxylic acids is 2. The average Bonchev–Trinajstić information content (AvgIpc) is 2.48. The lowest BCUT2D eigenvalue weighted by atomic mass is 10.0. The number of rotatable bonds is 4. The summed E-state index contributed by atoms with van der Waals surface area (Å²) in [4.78, 5) is 22.7. The van der Waals surface area contributed by atoms with E-state index in [-0.39, 0.29) is 0 Å². The van der Waals surface area contributed by atoms with Gasteiger partial charge in [-0.3, -0.25) is 9.59 Å². The van der Waals surface area contributed by atoms with Crippen LogP contribution in [0.1, 0.15) is 26.3 Å². The Hall–Kier alpha value is -2.56. The van der Waals surface area contributed by atoms with Crippen molar-refractivity contribution in [3.8, 4) is 17.2 Å². The number of methoxy groups -OCH3 is 1.